The topological polar surface area (TPSA) is 74.3 Å². The molecular formula is C32H39N3O4. The van der Waals surface area contributed by atoms with Crippen LogP contribution in [-0.2, 0) is 27.4 Å². The van der Waals surface area contributed by atoms with Crippen LogP contribution in [0.4, 0.5) is 5.69 Å². The van der Waals surface area contributed by atoms with Crippen molar-refractivity contribution in [2.45, 2.75) is 45.5 Å². The molecule has 7 heteroatoms. The highest BCUT2D eigenvalue weighted by molar-refractivity contribution is 5.88. The maximum atomic E-state index is 11.4. The van der Waals surface area contributed by atoms with Gasteiger partial charge in [0.2, 0.25) is 5.91 Å². The Kier molecular flexibility index (Phi) is 9.06. The molecule has 0 aliphatic carbocycles. The summed E-state index contributed by atoms with van der Waals surface area (Å²) < 4.78 is 13.2. The Morgan fingerprint density at radius 3 is 2.13 bits per heavy atom. The lowest BCUT2D eigenvalue weighted by Crippen LogP contribution is -2.51. The fourth-order valence-electron chi connectivity index (χ4n) is 5.48. The summed E-state index contributed by atoms with van der Waals surface area (Å²) in [7, 11) is 0. The number of anilines is 1. The van der Waals surface area contributed by atoms with Crippen LogP contribution in [0.25, 0.3) is 0 Å². The van der Waals surface area contributed by atoms with E-state index < -0.39 is 6.29 Å². The lowest BCUT2D eigenvalue weighted by Gasteiger charge is -2.44. The van der Waals surface area contributed by atoms with Crippen molar-refractivity contribution in [3.05, 3.63) is 101 Å². The van der Waals surface area contributed by atoms with E-state index in [1.807, 2.05) is 48.5 Å². The number of carbonyl (C=O) groups is 1. The average molecular weight is 530 g/mol. The third-order valence-electron chi connectivity index (χ3n) is 7.78. The van der Waals surface area contributed by atoms with Crippen LogP contribution in [0.2, 0.25) is 0 Å². The number of piperazine rings is 1. The molecule has 1 amide bonds. The predicted molar refractivity (Wildman–Crippen MR) is 152 cm³/mol. The van der Waals surface area contributed by atoms with Gasteiger partial charge < -0.3 is 19.9 Å². The molecule has 2 N–H and O–H groups in total. The zero-order chi connectivity index (χ0) is 27.2. The van der Waals surface area contributed by atoms with Crippen molar-refractivity contribution in [3.8, 4) is 0 Å². The largest absolute Gasteiger partial charge is 0.392 e. The van der Waals surface area contributed by atoms with E-state index in [0.29, 0.717) is 0 Å². The molecule has 39 heavy (non-hydrogen) atoms. The van der Waals surface area contributed by atoms with E-state index in [-0.39, 0.29) is 30.6 Å². The summed E-state index contributed by atoms with van der Waals surface area (Å²) in [6.07, 6.45) is -0.669. The molecule has 0 bridgehead atoms. The zero-order valence-electron chi connectivity index (χ0n) is 22.8. The molecule has 3 aromatic rings. The number of hydrogen-bond donors (Lipinski definition) is 2. The summed E-state index contributed by atoms with van der Waals surface area (Å²) in [6, 6.07) is 26.4. The highest BCUT2D eigenvalue weighted by Crippen LogP contribution is 2.42. The number of amides is 1. The summed E-state index contributed by atoms with van der Waals surface area (Å²) in [6.45, 7) is 9.64. The number of aliphatic hydroxyl groups excluding tert-OH is 1. The Balaban J connectivity index is 1.28. The minimum Gasteiger partial charge on any atom is -0.392 e. The summed E-state index contributed by atoms with van der Waals surface area (Å²) in [5.74, 6) is 0.0410. The van der Waals surface area contributed by atoms with Gasteiger partial charge in [0.15, 0.2) is 6.29 Å². The van der Waals surface area contributed by atoms with Gasteiger partial charge in [-0.1, -0.05) is 73.7 Å². The fourth-order valence-corrected chi connectivity index (χ4v) is 5.48. The lowest BCUT2D eigenvalue weighted by molar-refractivity contribution is -0.276. The Bertz CT molecular complexity index is 1190. The molecule has 4 atom stereocenters. The Morgan fingerprint density at radius 2 is 1.49 bits per heavy atom. The van der Waals surface area contributed by atoms with E-state index >= 15 is 0 Å². The molecule has 0 spiro atoms. The number of aliphatic hydroxyl groups is 1. The third kappa shape index (κ3) is 7.12. The molecule has 2 aliphatic heterocycles. The SMILES string of the molecule is CC(=O)Nc1ccc([C@@H]2O[C@H](CN3CCN(Cc4ccccc4)CC3)[C@H](C)[C@H](c3ccc(CO)cc3)O2)cc1. The number of ether oxygens (including phenoxy) is 2. The molecule has 2 heterocycles. The van der Waals surface area contributed by atoms with Crippen LogP contribution in [-0.4, -0.2) is 59.6 Å². The molecule has 3 aromatic carbocycles. The Labute approximate surface area is 231 Å². The van der Waals surface area contributed by atoms with E-state index in [2.05, 4.69) is 52.4 Å². The molecule has 2 aliphatic rings. The van der Waals surface area contributed by atoms with E-state index in [1.54, 1.807) is 0 Å². The van der Waals surface area contributed by atoms with E-state index in [1.165, 1.54) is 12.5 Å². The van der Waals surface area contributed by atoms with Crippen molar-refractivity contribution in [1.29, 1.82) is 0 Å². The summed E-state index contributed by atoms with van der Waals surface area (Å²) in [4.78, 5) is 16.5. The highest BCUT2D eigenvalue weighted by atomic mass is 16.7. The molecule has 2 saturated heterocycles. The standard InChI is InChI=1S/C32H39N3O4/c1-23-30(21-35-18-16-34(17-19-35)20-25-6-4-3-5-7-25)38-32(28-12-14-29(15-13-28)33-24(2)37)39-31(23)27-10-8-26(22-36)9-11-27/h3-15,23,30-32,36H,16-22H2,1-2H3,(H,33,37)/t23-,30+,31+,32+/m0/s1. The molecule has 206 valence electrons. The van der Waals surface area contributed by atoms with Gasteiger partial charge >= 0.3 is 0 Å². The molecule has 7 nitrogen and oxygen atoms in total. The van der Waals surface area contributed by atoms with Gasteiger partial charge in [0.1, 0.15) is 0 Å². The second kappa shape index (κ2) is 12.9. The van der Waals surface area contributed by atoms with E-state index in [0.717, 1.165) is 61.6 Å². The van der Waals surface area contributed by atoms with Crippen LogP contribution in [0.5, 0.6) is 0 Å². The van der Waals surface area contributed by atoms with Crippen molar-refractivity contribution in [1.82, 2.24) is 9.80 Å². The minimum absolute atomic E-state index is 0.0121. The molecule has 2 fully saturated rings. The van der Waals surface area contributed by atoms with Crippen LogP contribution in [0.3, 0.4) is 0 Å². The second-order valence-corrected chi connectivity index (χ2v) is 10.7. The van der Waals surface area contributed by atoms with Gasteiger partial charge in [0, 0.05) is 63.4 Å². The van der Waals surface area contributed by atoms with Crippen LogP contribution in [0.15, 0.2) is 78.9 Å². The Hall–Kier alpha value is -3.07. The van der Waals surface area contributed by atoms with Gasteiger partial charge in [-0.05, 0) is 28.8 Å². The van der Waals surface area contributed by atoms with Crippen molar-refractivity contribution >= 4 is 11.6 Å². The van der Waals surface area contributed by atoms with Crippen molar-refractivity contribution in [2.24, 2.45) is 5.92 Å². The van der Waals surface area contributed by atoms with Crippen LogP contribution >= 0.6 is 0 Å². The van der Waals surface area contributed by atoms with Gasteiger partial charge in [-0.25, -0.2) is 0 Å². The monoisotopic (exact) mass is 529 g/mol. The van der Waals surface area contributed by atoms with Gasteiger partial charge in [0.05, 0.1) is 18.8 Å². The number of carbonyl (C=O) groups excluding carboxylic acids is 1. The van der Waals surface area contributed by atoms with Gasteiger partial charge in [0.25, 0.3) is 0 Å². The normalized spacial score (nSPS) is 24.4. The van der Waals surface area contributed by atoms with Crippen LogP contribution in [0, 0.1) is 5.92 Å². The number of benzene rings is 3. The predicted octanol–water partition coefficient (Wildman–Crippen LogP) is 4.75. The molecular weight excluding hydrogens is 490 g/mol. The number of rotatable bonds is 8. The van der Waals surface area contributed by atoms with Crippen LogP contribution < -0.4 is 5.32 Å². The first-order chi connectivity index (χ1) is 19.0. The third-order valence-corrected chi connectivity index (χ3v) is 7.78. The first-order valence-corrected chi connectivity index (χ1v) is 13.9. The highest BCUT2D eigenvalue weighted by Gasteiger charge is 2.39. The maximum Gasteiger partial charge on any atom is 0.221 e. The molecule has 0 aromatic heterocycles. The zero-order valence-corrected chi connectivity index (χ0v) is 22.8. The average Bonchev–Trinajstić information content (AvgIpc) is 2.96. The van der Waals surface area contributed by atoms with E-state index in [4.69, 9.17) is 9.47 Å². The first-order valence-electron chi connectivity index (χ1n) is 13.9. The van der Waals surface area contributed by atoms with E-state index in [9.17, 15) is 9.90 Å². The number of hydrogen-bond acceptors (Lipinski definition) is 6. The molecule has 0 unspecified atom stereocenters. The quantitative estimate of drug-likeness (QED) is 0.439. The number of nitrogens with one attached hydrogen (secondary N) is 1. The lowest BCUT2D eigenvalue weighted by atomic mass is 9.90. The van der Waals surface area contributed by atoms with Crippen molar-refractivity contribution < 1.29 is 19.4 Å². The molecule has 0 saturated carbocycles. The maximum absolute atomic E-state index is 11.4. The fraction of sp³-hybridized carbons (Fsp3) is 0.406. The van der Waals surface area contributed by atoms with Gasteiger partial charge in [-0.2, -0.15) is 0 Å². The first kappa shape index (κ1) is 27.5. The van der Waals surface area contributed by atoms with Crippen molar-refractivity contribution in [3.63, 3.8) is 0 Å². The second-order valence-electron chi connectivity index (χ2n) is 10.7. The Morgan fingerprint density at radius 1 is 0.846 bits per heavy atom. The summed E-state index contributed by atoms with van der Waals surface area (Å²) >= 11 is 0. The minimum atomic E-state index is -0.514. The van der Waals surface area contributed by atoms with Crippen molar-refractivity contribution in [2.75, 3.05) is 38.0 Å². The number of nitrogens with zero attached hydrogens (tertiary/aromatic N) is 2. The summed E-state index contributed by atoms with van der Waals surface area (Å²) in [5.41, 5.74) is 4.99. The smallest absolute Gasteiger partial charge is 0.221 e. The van der Waals surface area contributed by atoms with Gasteiger partial charge in [-0.15, -0.1) is 0 Å². The van der Waals surface area contributed by atoms with Gasteiger partial charge in [-0.3, -0.25) is 14.6 Å². The summed E-state index contributed by atoms with van der Waals surface area (Å²) in [5, 5.41) is 12.3. The molecule has 5 rings (SSSR count). The molecule has 0 radical (unpaired) electrons. The van der Waals surface area contributed by atoms with Crippen LogP contribution in [0.1, 0.15) is 48.5 Å².